The van der Waals surface area contributed by atoms with Crippen molar-refractivity contribution in [1.82, 2.24) is 0 Å². The molecule has 1 aromatic carbocycles. The van der Waals surface area contributed by atoms with Crippen LogP contribution in [0.1, 0.15) is 11.6 Å². The average Bonchev–Trinajstić information content (AvgIpc) is 2.10. The first-order chi connectivity index (χ1) is 6.06. The summed E-state index contributed by atoms with van der Waals surface area (Å²) >= 11 is 0. The Morgan fingerprint density at radius 3 is 2.38 bits per heavy atom. The zero-order chi connectivity index (χ0) is 10.0. The zero-order valence-corrected chi connectivity index (χ0v) is 6.93. The maximum Gasteiger partial charge on any atom is 0.146 e. The number of nitrogen functional groups attached to an aromatic ring is 1. The van der Waals surface area contributed by atoms with Gasteiger partial charge in [0.15, 0.2) is 0 Å². The average molecular weight is 187 g/mol. The molecule has 0 fully saturated rings. The zero-order valence-electron chi connectivity index (χ0n) is 6.93. The first-order valence-electron chi connectivity index (χ1n) is 3.76. The fourth-order valence-electron chi connectivity index (χ4n) is 0.989. The van der Waals surface area contributed by atoms with Crippen LogP contribution in [-0.4, -0.2) is 6.54 Å². The van der Waals surface area contributed by atoms with Gasteiger partial charge in [-0.15, -0.1) is 0 Å². The quantitative estimate of drug-likeness (QED) is 0.590. The summed E-state index contributed by atoms with van der Waals surface area (Å²) in [6.45, 7) is 0.0558. The molecule has 0 saturated heterocycles. The Balaban J connectivity index is 3.15. The van der Waals surface area contributed by atoms with Crippen molar-refractivity contribution in [2.75, 3.05) is 12.3 Å². The van der Waals surface area contributed by atoms with Gasteiger partial charge in [-0.2, -0.15) is 0 Å². The number of rotatable bonds is 2. The maximum atomic E-state index is 13.1. The Morgan fingerprint density at radius 1 is 1.23 bits per heavy atom. The highest BCUT2D eigenvalue weighted by atomic mass is 19.1. The van der Waals surface area contributed by atoms with E-state index in [0.717, 1.165) is 12.1 Å². The van der Waals surface area contributed by atoms with E-state index < -0.39 is 17.7 Å². The van der Waals surface area contributed by atoms with E-state index in [1.54, 1.807) is 0 Å². The Labute approximate surface area is 74.5 Å². The monoisotopic (exact) mass is 187 g/mol. The van der Waals surface area contributed by atoms with Gasteiger partial charge >= 0.3 is 0 Å². The molecular weight excluding hydrogens is 176 g/mol. The van der Waals surface area contributed by atoms with Crippen molar-refractivity contribution in [3.05, 3.63) is 29.3 Å². The van der Waals surface area contributed by atoms with E-state index in [-0.39, 0.29) is 17.8 Å². The molecule has 0 spiro atoms. The summed E-state index contributed by atoms with van der Waals surface area (Å²) in [5, 5.41) is 0. The van der Waals surface area contributed by atoms with Gasteiger partial charge in [0.1, 0.15) is 11.6 Å². The van der Waals surface area contributed by atoms with E-state index in [1.165, 1.54) is 0 Å². The third kappa shape index (κ3) is 1.93. The van der Waals surface area contributed by atoms with Gasteiger partial charge in [0.05, 0.1) is 5.69 Å². The van der Waals surface area contributed by atoms with Gasteiger partial charge in [-0.05, 0) is 6.07 Å². The van der Waals surface area contributed by atoms with Crippen LogP contribution in [0.5, 0.6) is 0 Å². The first-order valence-corrected chi connectivity index (χ1v) is 3.76. The third-order valence-corrected chi connectivity index (χ3v) is 1.77. The summed E-state index contributed by atoms with van der Waals surface area (Å²) in [7, 11) is 0. The lowest BCUT2D eigenvalue weighted by atomic mass is 10.1. The van der Waals surface area contributed by atoms with Crippen LogP contribution in [0.3, 0.4) is 0 Å². The summed E-state index contributed by atoms with van der Waals surface area (Å²) in [5.41, 5.74) is 15.6. The van der Waals surface area contributed by atoms with Crippen LogP contribution in [-0.2, 0) is 0 Å². The Kier molecular flexibility index (Phi) is 2.79. The minimum Gasteiger partial charge on any atom is -0.396 e. The number of benzene rings is 1. The minimum atomic E-state index is -0.699. The van der Waals surface area contributed by atoms with Crippen LogP contribution >= 0.6 is 0 Å². The molecule has 0 unspecified atom stereocenters. The van der Waals surface area contributed by atoms with E-state index in [1.807, 2.05) is 0 Å². The van der Waals surface area contributed by atoms with Gasteiger partial charge in [-0.3, -0.25) is 0 Å². The van der Waals surface area contributed by atoms with Gasteiger partial charge in [-0.1, -0.05) is 0 Å². The Bertz CT molecular complexity index is 315. The molecule has 1 aromatic rings. The van der Waals surface area contributed by atoms with E-state index in [0.29, 0.717) is 0 Å². The number of anilines is 1. The topological polar surface area (TPSA) is 78.1 Å². The number of hydrogen-bond acceptors (Lipinski definition) is 3. The summed E-state index contributed by atoms with van der Waals surface area (Å²) in [4.78, 5) is 0. The van der Waals surface area contributed by atoms with Gasteiger partial charge in [-0.25, -0.2) is 8.78 Å². The fourth-order valence-corrected chi connectivity index (χ4v) is 0.989. The van der Waals surface area contributed by atoms with Crippen LogP contribution in [0.15, 0.2) is 12.1 Å². The van der Waals surface area contributed by atoms with Crippen molar-refractivity contribution >= 4 is 5.69 Å². The highest BCUT2D eigenvalue weighted by molar-refractivity contribution is 5.43. The van der Waals surface area contributed by atoms with Crippen LogP contribution in [0.2, 0.25) is 0 Å². The fraction of sp³-hybridized carbons (Fsp3) is 0.250. The molecule has 0 heterocycles. The molecule has 0 amide bonds. The molecule has 5 heteroatoms. The molecule has 3 nitrogen and oxygen atoms in total. The van der Waals surface area contributed by atoms with E-state index in [9.17, 15) is 8.78 Å². The van der Waals surface area contributed by atoms with Crippen LogP contribution in [0, 0.1) is 11.6 Å². The highest BCUT2D eigenvalue weighted by Gasteiger charge is 2.12. The van der Waals surface area contributed by atoms with Crippen LogP contribution in [0.25, 0.3) is 0 Å². The van der Waals surface area contributed by atoms with Crippen molar-refractivity contribution in [3.63, 3.8) is 0 Å². The molecule has 0 bridgehead atoms. The van der Waals surface area contributed by atoms with Gasteiger partial charge < -0.3 is 17.2 Å². The lowest BCUT2D eigenvalue weighted by molar-refractivity contribution is 0.567. The van der Waals surface area contributed by atoms with Crippen LogP contribution < -0.4 is 17.2 Å². The lowest BCUT2D eigenvalue weighted by Gasteiger charge is -2.10. The van der Waals surface area contributed by atoms with Crippen LogP contribution in [0.4, 0.5) is 14.5 Å². The normalized spacial score (nSPS) is 12.9. The van der Waals surface area contributed by atoms with Crippen molar-refractivity contribution in [2.45, 2.75) is 6.04 Å². The third-order valence-electron chi connectivity index (χ3n) is 1.77. The molecule has 0 aromatic heterocycles. The minimum absolute atomic E-state index is 0.0502. The van der Waals surface area contributed by atoms with E-state index in [2.05, 4.69) is 0 Å². The van der Waals surface area contributed by atoms with Gasteiger partial charge in [0.25, 0.3) is 0 Å². The second kappa shape index (κ2) is 3.68. The number of hydrogen-bond donors (Lipinski definition) is 3. The number of halogens is 2. The molecule has 0 aliphatic heterocycles. The molecule has 72 valence electrons. The summed E-state index contributed by atoms with van der Waals surface area (Å²) < 4.78 is 26.0. The summed E-state index contributed by atoms with van der Waals surface area (Å²) in [6, 6.07) is 1.18. The highest BCUT2D eigenvalue weighted by Crippen LogP contribution is 2.20. The van der Waals surface area contributed by atoms with Crippen molar-refractivity contribution in [1.29, 1.82) is 0 Å². The smallest absolute Gasteiger partial charge is 0.146 e. The second-order valence-corrected chi connectivity index (χ2v) is 2.74. The first kappa shape index (κ1) is 9.88. The Hall–Kier alpha value is -1.20. The largest absolute Gasteiger partial charge is 0.396 e. The molecule has 1 atom stereocenters. The van der Waals surface area contributed by atoms with Crippen molar-refractivity contribution < 1.29 is 8.78 Å². The summed E-state index contributed by atoms with van der Waals surface area (Å²) in [5.74, 6) is -1.31. The van der Waals surface area contributed by atoms with Crippen molar-refractivity contribution in [3.8, 4) is 0 Å². The standard InChI is InChI=1S/C8H11F2N3/c9-5-2-7(12)6(10)1-4(5)8(13)3-11/h1-2,8H,3,11-13H2/t8-/m1/s1. The lowest BCUT2D eigenvalue weighted by Crippen LogP contribution is -2.22. The number of nitrogens with two attached hydrogens (primary N) is 3. The molecule has 0 radical (unpaired) electrons. The SMILES string of the molecule is NC[C@@H](N)c1cc(F)c(N)cc1F. The van der Waals surface area contributed by atoms with Crippen molar-refractivity contribution in [2.24, 2.45) is 11.5 Å². The molecular formula is C8H11F2N3. The second-order valence-electron chi connectivity index (χ2n) is 2.74. The van der Waals surface area contributed by atoms with Gasteiger partial charge in [0.2, 0.25) is 0 Å². The predicted octanol–water partition coefficient (Wildman–Crippen LogP) is 0.506. The summed E-state index contributed by atoms with van der Waals surface area (Å²) in [6.07, 6.45) is 0. The molecule has 0 aliphatic rings. The van der Waals surface area contributed by atoms with E-state index in [4.69, 9.17) is 17.2 Å². The van der Waals surface area contributed by atoms with Gasteiger partial charge in [0, 0.05) is 24.2 Å². The Morgan fingerprint density at radius 2 is 1.85 bits per heavy atom. The molecule has 1 rings (SSSR count). The molecule has 0 saturated carbocycles. The maximum absolute atomic E-state index is 13.1. The molecule has 6 N–H and O–H groups in total. The van der Waals surface area contributed by atoms with E-state index >= 15 is 0 Å². The molecule has 13 heavy (non-hydrogen) atoms. The molecule has 0 aliphatic carbocycles. The predicted molar refractivity (Wildman–Crippen MR) is 46.8 cm³/mol.